The van der Waals surface area contributed by atoms with Gasteiger partial charge in [0.05, 0.1) is 23.3 Å². The summed E-state index contributed by atoms with van der Waals surface area (Å²) in [5.41, 5.74) is 22.5. The number of carbonyl (C=O) groups excluding carboxylic acids is 2. The van der Waals surface area contributed by atoms with Crippen molar-refractivity contribution in [1.29, 1.82) is 5.41 Å². The van der Waals surface area contributed by atoms with Crippen LogP contribution in [0.1, 0.15) is 49.9 Å². The molecule has 2 amide bonds. The maximum absolute atomic E-state index is 13.9. The maximum atomic E-state index is 13.9. The van der Waals surface area contributed by atoms with E-state index in [9.17, 15) is 9.59 Å². The highest BCUT2D eigenvalue weighted by Gasteiger charge is 2.51. The molecule has 0 radical (unpaired) electrons. The number of benzene rings is 1. The molecule has 0 bridgehead atoms. The van der Waals surface area contributed by atoms with Gasteiger partial charge in [0.25, 0.3) is 0 Å². The topological polar surface area (TPSA) is 196 Å². The first-order chi connectivity index (χ1) is 23.0. The number of aromatic nitrogens is 1. The second-order valence-electron chi connectivity index (χ2n) is 12.7. The molecule has 4 heterocycles. The Morgan fingerprint density at radius 2 is 1.85 bits per heavy atom. The van der Waals surface area contributed by atoms with E-state index in [1.807, 2.05) is 43.0 Å². The minimum Gasteiger partial charge on any atom is -0.397 e. The SMILES string of the molecule is CN=CN=C(N)c1ccc(C2=CCN(C(=O)CN3CC[C@]4(CCN(c5ccc(N)c(C(N)=C(C=N)C=NC(C)C)n5)C4=O)C3)CC2)cc1. The van der Waals surface area contributed by atoms with E-state index < -0.39 is 5.41 Å². The standard InChI is InChI=1S/C35H45N11O2/c1-23(2)41-19-27(18-36)31(38)32-28(37)8-9-29(43-32)46-17-13-35(34(46)48)12-16-44(21-35)20-30(47)45-14-10-25(11-15-45)24-4-6-26(7-5-24)33(39)42-22-40-3/h4-10,18-19,22-23,36H,11-17,20-21,37-38H2,1-3H3,(H2,39,40,42)/t35-/m0/s1. The van der Waals surface area contributed by atoms with Crippen molar-refractivity contribution in [3.05, 3.63) is 64.9 Å². The number of amides is 2. The van der Waals surface area contributed by atoms with Crippen molar-refractivity contribution in [3.63, 3.8) is 0 Å². The summed E-state index contributed by atoms with van der Waals surface area (Å²) in [7, 11) is 1.64. The summed E-state index contributed by atoms with van der Waals surface area (Å²) in [6.07, 6.45) is 8.32. The van der Waals surface area contributed by atoms with E-state index in [1.165, 1.54) is 11.9 Å². The quantitative estimate of drug-likeness (QED) is 0.224. The van der Waals surface area contributed by atoms with Crippen LogP contribution in [0.2, 0.25) is 0 Å². The number of amidine groups is 1. The Bertz CT molecular complexity index is 1710. The van der Waals surface area contributed by atoms with Crippen LogP contribution >= 0.6 is 0 Å². The third-order valence-electron chi connectivity index (χ3n) is 9.15. The van der Waals surface area contributed by atoms with Gasteiger partial charge in [-0.3, -0.25) is 29.4 Å². The molecule has 13 nitrogen and oxygen atoms in total. The largest absolute Gasteiger partial charge is 0.397 e. The van der Waals surface area contributed by atoms with Gasteiger partial charge in [-0.2, -0.15) is 0 Å². The summed E-state index contributed by atoms with van der Waals surface area (Å²) in [5.74, 6) is 0.946. The number of aliphatic imine (C=N–C) groups is 3. The molecule has 2 fully saturated rings. The number of likely N-dealkylation sites (tertiary alicyclic amines) is 1. The lowest BCUT2D eigenvalue weighted by molar-refractivity contribution is -0.132. The molecule has 3 aliphatic heterocycles. The predicted molar refractivity (Wildman–Crippen MR) is 193 cm³/mol. The van der Waals surface area contributed by atoms with Crippen LogP contribution in [-0.2, 0) is 9.59 Å². The normalized spacial score (nSPS) is 21.2. The highest BCUT2D eigenvalue weighted by Crippen LogP contribution is 2.42. The van der Waals surface area contributed by atoms with Gasteiger partial charge in [0.2, 0.25) is 11.8 Å². The fourth-order valence-electron chi connectivity index (χ4n) is 6.39. The number of nitrogens with one attached hydrogen (secondary N) is 1. The Hall–Kier alpha value is -5.17. The van der Waals surface area contributed by atoms with Gasteiger partial charge >= 0.3 is 0 Å². The second kappa shape index (κ2) is 14.7. The lowest BCUT2D eigenvalue weighted by atomic mass is 9.85. The highest BCUT2D eigenvalue weighted by molar-refractivity contribution is 6.11. The molecule has 2 aromatic rings. The van der Waals surface area contributed by atoms with Crippen molar-refractivity contribution in [2.45, 2.75) is 39.2 Å². The third-order valence-corrected chi connectivity index (χ3v) is 9.15. The summed E-state index contributed by atoms with van der Waals surface area (Å²) in [4.78, 5) is 49.8. The van der Waals surface area contributed by atoms with Crippen molar-refractivity contribution < 1.29 is 9.59 Å². The van der Waals surface area contributed by atoms with E-state index in [-0.39, 0.29) is 30.1 Å². The summed E-state index contributed by atoms with van der Waals surface area (Å²) in [6, 6.07) is 11.4. The minimum absolute atomic E-state index is 0.0000383. The molecule has 252 valence electrons. The number of allylic oxidation sites excluding steroid dienone is 1. The molecule has 0 aliphatic carbocycles. The zero-order valence-corrected chi connectivity index (χ0v) is 27.9. The van der Waals surface area contributed by atoms with E-state index in [1.54, 1.807) is 30.3 Å². The number of carbonyl (C=O) groups is 2. The first-order valence-electron chi connectivity index (χ1n) is 16.2. The van der Waals surface area contributed by atoms with Gasteiger partial charge in [0.15, 0.2) is 0 Å². The van der Waals surface area contributed by atoms with Gasteiger partial charge in [0.1, 0.15) is 23.7 Å². The molecular weight excluding hydrogens is 606 g/mol. The van der Waals surface area contributed by atoms with Crippen LogP contribution in [0.25, 0.3) is 11.3 Å². The minimum atomic E-state index is -0.562. The van der Waals surface area contributed by atoms with Crippen LogP contribution in [0.4, 0.5) is 11.5 Å². The highest BCUT2D eigenvalue weighted by atomic mass is 16.2. The van der Waals surface area contributed by atoms with E-state index in [2.05, 4.69) is 30.9 Å². The first-order valence-corrected chi connectivity index (χ1v) is 16.2. The second-order valence-corrected chi connectivity index (χ2v) is 12.7. The molecule has 0 saturated carbocycles. The summed E-state index contributed by atoms with van der Waals surface area (Å²) in [5, 5.41) is 7.80. The van der Waals surface area contributed by atoms with Crippen LogP contribution in [0.3, 0.4) is 0 Å². The third kappa shape index (κ3) is 7.36. The molecule has 1 aromatic carbocycles. The maximum Gasteiger partial charge on any atom is 0.237 e. The Morgan fingerprint density at radius 1 is 1.10 bits per heavy atom. The van der Waals surface area contributed by atoms with Gasteiger partial charge in [-0.15, -0.1) is 0 Å². The molecule has 13 heteroatoms. The molecule has 48 heavy (non-hydrogen) atoms. The molecular formula is C35H45N11O2. The number of rotatable bonds is 10. The first kappa shape index (κ1) is 34.2. The van der Waals surface area contributed by atoms with Crippen molar-refractivity contribution in [2.24, 2.45) is 31.9 Å². The number of anilines is 2. The van der Waals surface area contributed by atoms with Crippen LogP contribution < -0.4 is 22.1 Å². The summed E-state index contributed by atoms with van der Waals surface area (Å²) < 4.78 is 0. The van der Waals surface area contributed by atoms with Crippen LogP contribution in [0.15, 0.2) is 63.0 Å². The Morgan fingerprint density at radius 3 is 2.52 bits per heavy atom. The van der Waals surface area contributed by atoms with Crippen LogP contribution in [0, 0.1) is 10.8 Å². The monoisotopic (exact) mass is 651 g/mol. The fraction of sp³-hybridized carbons (Fsp3) is 0.400. The van der Waals surface area contributed by atoms with Gasteiger partial charge in [-0.05, 0) is 62.9 Å². The van der Waals surface area contributed by atoms with E-state index in [0.29, 0.717) is 74.2 Å². The lowest BCUT2D eigenvalue weighted by Crippen LogP contribution is -2.43. The van der Waals surface area contributed by atoms with Crippen molar-refractivity contribution in [1.82, 2.24) is 14.8 Å². The van der Waals surface area contributed by atoms with Crippen molar-refractivity contribution in [2.75, 3.05) is 56.9 Å². The molecule has 1 spiro atoms. The van der Waals surface area contributed by atoms with Crippen molar-refractivity contribution in [3.8, 4) is 0 Å². The lowest BCUT2D eigenvalue weighted by Gasteiger charge is -2.29. The van der Waals surface area contributed by atoms with Crippen LogP contribution in [0.5, 0.6) is 0 Å². The van der Waals surface area contributed by atoms with E-state index in [0.717, 1.165) is 23.8 Å². The average Bonchev–Trinajstić information content (AvgIpc) is 3.65. The number of pyridine rings is 1. The van der Waals surface area contributed by atoms with E-state index >= 15 is 0 Å². The smallest absolute Gasteiger partial charge is 0.237 e. The number of hydrogen-bond donors (Lipinski definition) is 4. The van der Waals surface area contributed by atoms with Gasteiger partial charge < -0.3 is 27.5 Å². The predicted octanol–water partition coefficient (Wildman–Crippen LogP) is 2.57. The molecule has 3 aliphatic rings. The number of nitrogens with zero attached hydrogens (tertiary/aromatic N) is 7. The summed E-state index contributed by atoms with van der Waals surface area (Å²) in [6.45, 7) is 7.04. The molecule has 2 saturated heterocycles. The summed E-state index contributed by atoms with van der Waals surface area (Å²) >= 11 is 0. The zero-order chi connectivity index (χ0) is 34.4. The van der Waals surface area contributed by atoms with Crippen LogP contribution in [-0.4, -0.2) is 104 Å². The number of nitrogen functional groups attached to an aromatic ring is 1. The van der Waals surface area contributed by atoms with Crippen molar-refractivity contribution >= 4 is 59.2 Å². The zero-order valence-electron chi connectivity index (χ0n) is 27.9. The Kier molecular flexibility index (Phi) is 10.5. The Balaban J connectivity index is 1.19. The molecule has 5 rings (SSSR count). The number of hydrogen-bond acceptors (Lipinski definition) is 9. The van der Waals surface area contributed by atoms with Gasteiger partial charge in [-0.25, -0.2) is 9.98 Å². The molecule has 7 N–H and O–H groups in total. The Labute approximate surface area is 281 Å². The fourth-order valence-corrected chi connectivity index (χ4v) is 6.39. The van der Waals surface area contributed by atoms with Gasteiger partial charge in [0, 0.05) is 62.8 Å². The molecule has 1 aromatic heterocycles. The molecule has 0 unspecified atom stereocenters. The van der Waals surface area contributed by atoms with E-state index in [4.69, 9.17) is 22.6 Å². The number of nitrogens with two attached hydrogens (primary N) is 3. The molecule has 1 atom stereocenters. The average molecular weight is 652 g/mol. The van der Waals surface area contributed by atoms with Gasteiger partial charge in [-0.1, -0.05) is 30.3 Å².